The third-order valence-corrected chi connectivity index (χ3v) is 4.48. The Hall–Kier alpha value is -2.39. The van der Waals surface area contributed by atoms with Crippen LogP contribution in [0.5, 0.6) is 0 Å². The number of nitriles is 1. The van der Waals surface area contributed by atoms with Crippen molar-refractivity contribution in [1.82, 2.24) is 0 Å². The fourth-order valence-electron chi connectivity index (χ4n) is 2.04. The molecule has 1 heterocycles. The number of para-hydroxylation sites is 1. The average Bonchev–Trinajstić information content (AvgIpc) is 2.99. The van der Waals surface area contributed by atoms with E-state index < -0.39 is 4.92 Å². The van der Waals surface area contributed by atoms with Gasteiger partial charge in [0.15, 0.2) is 0 Å². The summed E-state index contributed by atoms with van der Waals surface area (Å²) in [5.41, 5.74) is 0.134. The van der Waals surface area contributed by atoms with Gasteiger partial charge in [0.1, 0.15) is 17.3 Å². The standard InChI is InChI=1S/C15H15N3O2S/c1-15(2,13-7-4-8-21-13)10-17-12-6-3-5-11(9-16)14(12)18(19)20/h3-8,17H,10H2,1-2H3. The molecule has 0 aliphatic rings. The molecule has 5 nitrogen and oxygen atoms in total. The molecule has 1 aromatic carbocycles. The summed E-state index contributed by atoms with van der Waals surface area (Å²) in [5, 5.41) is 25.3. The Labute approximate surface area is 127 Å². The van der Waals surface area contributed by atoms with E-state index in [1.54, 1.807) is 23.5 Å². The van der Waals surface area contributed by atoms with Crippen LogP contribution in [0.2, 0.25) is 0 Å². The van der Waals surface area contributed by atoms with Gasteiger partial charge in [-0.1, -0.05) is 26.0 Å². The number of thiophene rings is 1. The monoisotopic (exact) mass is 301 g/mol. The molecule has 0 amide bonds. The Morgan fingerprint density at radius 3 is 2.71 bits per heavy atom. The van der Waals surface area contributed by atoms with Gasteiger partial charge in [0, 0.05) is 16.8 Å². The molecule has 0 saturated carbocycles. The van der Waals surface area contributed by atoms with Gasteiger partial charge in [-0.2, -0.15) is 5.26 Å². The zero-order chi connectivity index (χ0) is 15.5. The molecular formula is C15H15N3O2S. The molecule has 0 atom stereocenters. The van der Waals surface area contributed by atoms with Crippen LogP contribution in [0.1, 0.15) is 24.3 Å². The summed E-state index contributed by atoms with van der Waals surface area (Å²) >= 11 is 1.66. The van der Waals surface area contributed by atoms with Gasteiger partial charge in [0.05, 0.1) is 4.92 Å². The van der Waals surface area contributed by atoms with Crippen molar-refractivity contribution in [3.8, 4) is 6.07 Å². The second-order valence-electron chi connectivity index (χ2n) is 5.29. The third kappa shape index (κ3) is 3.20. The molecular weight excluding hydrogens is 286 g/mol. The highest BCUT2D eigenvalue weighted by atomic mass is 32.1. The summed E-state index contributed by atoms with van der Waals surface area (Å²) in [7, 11) is 0. The minimum absolute atomic E-state index is 0.0685. The van der Waals surface area contributed by atoms with Gasteiger partial charge in [-0.3, -0.25) is 10.1 Å². The maximum absolute atomic E-state index is 11.2. The number of anilines is 1. The second-order valence-corrected chi connectivity index (χ2v) is 6.23. The van der Waals surface area contributed by atoms with E-state index in [0.29, 0.717) is 12.2 Å². The van der Waals surface area contributed by atoms with Gasteiger partial charge < -0.3 is 5.32 Å². The van der Waals surface area contributed by atoms with E-state index in [0.717, 1.165) is 0 Å². The van der Waals surface area contributed by atoms with E-state index in [2.05, 4.69) is 19.2 Å². The van der Waals surface area contributed by atoms with Crippen molar-refractivity contribution in [2.75, 3.05) is 11.9 Å². The largest absolute Gasteiger partial charge is 0.379 e. The predicted octanol–water partition coefficient (Wildman–Crippen LogP) is 3.92. The highest BCUT2D eigenvalue weighted by Gasteiger charge is 2.24. The molecule has 0 aliphatic heterocycles. The first-order valence-electron chi connectivity index (χ1n) is 6.41. The first-order chi connectivity index (χ1) is 9.95. The van der Waals surface area contributed by atoms with Crippen LogP contribution >= 0.6 is 11.3 Å². The topological polar surface area (TPSA) is 79.0 Å². The number of benzene rings is 1. The summed E-state index contributed by atoms with van der Waals surface area (Å²) in [6.45, 7) is 4.70. The van der Waals surface area contributed by atoms with Crippen molar-refractivity contribution < 1.29 is 4.92 Å². The molecule has 108 valence electrons. The number of nitrogens with zero attached hydrogens (tertiary/aromatic N) is 2. The van der Waals surface area contributed by atoms with Gasteiger partial charge in [0.25, 0.3) is 0 Å². The Balaban J connectivity index is 2.25. The SMILES string of the molecule is CC(C)(CNc1cccc(C#N)c1[N+](=O)[O-])c1cccs1. The Kier molecular flexibility index (Phi) is 4.24. The summed E-state index contributed by atoms with van der Waals surface area (Å²) in [6.07, 6.45) is 0. The number of hydrogen-bond acceptors (Lipinski definition) is 5. The molecule has 1 aromatic heterocycles. The maximum Gasteiger partial charge on any atom is 0.309 e. The van der Waals surface area contributed by atoms with Crippen molar-refractivity contribution in [1.29, 1.82) is 5.26 Å². The van der Waals surface area contributed by atoms with Crippen molar-refractivity contribution in [2.24, 2.45) is 0 Å². The van der Waals surface area contributed by atoms with Gasteiger partial charge in [-0.15, -0.1) is 11.3 Å². The third-order valence-electron chi connectivity index (χ3n) is 3.25. The molecule has 21 heavy (non-hydrogen) atoms. The van der Waals surface area contributed by atoms with Crippen molar-refractivity contribution in [2.45, 2.75) is 19.3 Å². The molecule has 0 spiro atoms. The smallest absolute Gasteiger partial charge is 0.309 e. The van der Waals surface area contributed by atoms with Crippen LogP contribution in [-0.4, -0.2) is 11.5 Å². The molecule has 0 radical (unpaired) electrons. The second kappa shape index (κ2) is 5.94. The Bertz CT molecular complexity index is 687. The van der Waals surface area contributed by atoms with Crippen LogP contribution in [0.4, 0.5) is 11.4 Å². The molecule has 0 aliphatic carbocycles. The van der Waals surface area contributed by atoms with Crippen molar-refractivity contribution >= 4 is 22.7 Å². The lowest BCUT2D eigenvalue weighted by molar-refractivity contribution is -0.384. The van der Waals surface area contributed by atoms with Gasteiger partial charge in [0.2, 0.25) is 0 Å². The van der Waals surface area contributed by atoms with Crippen LogP contribution in [0, 0.1) is 21.4 Å². The van der Waals surface area contributed by atoms with Crippen molar-refractivity contribution in [3.63, 3.8) is 0 Å². The normalized spacial score (nSPS) is 10.9. The van der Waals surface area contributed by atoms with Crippen LogP contribution in [0.15, 0.2) is 35.7 Å². The Morgan fingerprint density at radius 1 is 1.38 bits per heavy atom. The lowest BCUT2D eigenvalue weighted by Gasteiger charge is -2.24. The molecule has 0 saturated heterocycles. The van der Waals surface area contributed by atoms with E-state index in [4.69, 9.17) is 5.26 Å². The lowest BCUT2D eigenvalue weighted by atomic mass is 9.91. The first-order valence-corrected chi connectivity index (χ1v) is 7.29. The van der Waals surface area contributed by atoms with Gasteiger partial charge in [-0.25, -0.2) is 0 Å². The van der Waals surface area contributed by atoms with Gasteiger partial charge >= 0.3 is 5.69 Å². The first kappa shape index (κ1) is 15.0. The van der Waals surface area contributed by atoms with Crippen molar-refractivity contribution in [3.05, 3.63) is 56.3 Å². The summed E-state index contributed by atoms with van der Waals surface area (Å²) in [5.74, 6) is 0. The van der Waals surface area contributed by atoms with E-state index in [9.17, 15) is 10.1 Å². The number of nitro groups is 1. The van der Waals surface area contributed by atoms with Crippen LogP contribution in [-0.2, 0) is 5.41 Å². The minimum Gasteiger partial charge on any atom is -0.379 e. The number of nitrogens with one attached hydrogen (secondary N) is 1. The number of rotatable bonds is 5. The van der Waals surface area contributed by atoms with Crippen LogP contribution in [0.25, 0.3) is 0 Å². The lowest BCUT2D eigenvalue weighted by Crippen LogP contribution is -2.26. The zero-order valence-electron chi connectivity index (χ0n) is 11.8. The Morgan fingerprint density at radius 2 is 2.14 bits per heavy atom. The molecule has 0 unspecified atom stereocenters. The zero-order valence-corrected chi connectivity index (χ0v) is 12.6. The maximum atomic E-state index is 11.2. The van der Waals surface area contributed by atoms with Crippen LogP contribution < -0.4 is 5.32 Å². The average molecular weight is 301 g/mol. The molecule has 0 fully saturated rings. The molecule has 6 heteroatoms. The minimum atomic E-state index is -0.515. The van der Waals surface area contributed by atoms with E-state index >= 15 is 0 Å². The summed E-state index contributed by atoms with van der Waals surface area (Å²) in [6, 6.07) is 10.6. The number of nitro benzene ring substituents is 1. The fourth-order valence-corrected chi connectivity index (χ4v) is 2.89. The van der Waals surface area contributed by atoms with Crippen LogP contribution in [0.3, 0.4) is 0 Å². The molecule has 2 rings (SSSR count). The predicted molar refractivity (Wildman–Crippen MR) is 83.6 cm³/mol. The molecule has 1 N–H and O–H groups in total. The van der Waals surface area contributed by atoms with Gasteiger partial charge in [-0.05, 0) is 23.6 Å². The molecule has 2 aromatic rings. The van der Waals surface area contributed by atoms with E-state index in [1.807, 2.05) is 23.6 Å². The number of hydrogen-bond donors (Lipinski definition) is 1. The highest BCUT2D eigenvalue weighted by molar-refractivity contribution is 7.10. The van der Waals surface area contributed by atoms with E-state index in [1.165, 1.54) is 10.9 Å². The highest BCUT2D eigenvalue weighted by Crippen LogP contribution is 2.31. The van der Waals surface area contributed by atoms with E-state index in [-0.39, 0.29) is 16.7 Å². The molecule has 0 bridgehead atoms. The quantitative estimate of drug-likeness (QED) is 0.670. The summed E-state index contributed by atoms with van der Waals surface area (Å²) in [4.78, 5) is 11.9. The fraction of sp³-hybridized carbons (Fsp3) is 0.267. The summed E-state index contributed by atoms with van der Waals surface area (Å²) < 4.78 is 0.